The minimum atomic E-state index is -0.263. The fourth-order valence-electron chi connectivity index (χ4n) is 2.44. The average Bonchev–Trinajstić information content (AvgIpc) is 2.71. The molecule has 0 radical (unpaired) electrons. The number of hydrogen-bond acceptors (Lipinski definition) is 3. The van der Waals surface area contributed by atoms with Crippen molar-refractivity contribution in [2.45, 2.75) is 39.7 Å². The van der Waals surface area contributed by atoms with Crippen molar-refractivity contribution in [3.63, 3.8) is 0 Å². The molecule has 100 valence electrons. The van der Waals surface area contributed by atoms with Crippen LogP contribution in [0.15, 0.2) is 10.7 Å². The van der Waals surface area contributed by atoms with Crippen molar-refractivity contribution in [2.24, 2.45) is 5.41 Å². The van der Waals surface area contributed by atoms with E-state index in [4.69, 9.17) is 0 Å². The van der Waals surface area contributed by atoms with Crippen LogP contribution < -0.4 is 5.32 Å². The van der Waals surface area contributed by atoms with Crippen molar-refractivity contribution < 1.29 is 4.79 Å². The van der Waals surface area contributed by atoms with Crippen LogP contribution in [0.4, 0.5) is 0 Å². The molecule has 0 aliphatic carbocycles. The molecule has 0 saturated carbocycles. The summed E-state index contributed by atoms with van der Waals surface area (Å²) in [5.74, 6) is 0.210. The second-order valence-electron chi connectivity index (χ2n) is 5.52. The summed E-state index contributed by atoms with van der Waals surface area (Å²) in [5, 5.41) is 7.60. The van der Waals surface area contributed by atoms with Gasteiger partial charge in [-0.25, -0.2) is 0 Å². The van der Waals surface area contributed by atoms with E-state index in [1.54, 1.807) is 6.20 Å². The molecule has 1 aromatic heterocycles. The number of aromatic nitrogens is 2. The van der Waals surface area contributed by atoms with Gasteiger partial charge >= 0.3 is 0 Å². The number of carbonyl (C=O) groups excluding carboxylic acids is 1. The predicted octanol–water partition coefficient (Wildman–Crippen LogP) is 2.80. The summed E-state index contributed by atoms with van der Waals surface area (Å²) in [5.41, 5.74) is 0.454. The summed E-state index contributed by atoms with van der Waals surface area (Å²) < 4.78 is 2.63. The predicted molar refractivity (Wildman–Crippen MR) is 74.9 cm³/mol. The molecule has 0 bridgehead atoms. The zero-order valence-electron chi connectivity index (χ0n) is 11.2. The lowest BCUT2D eigenvalue weighted by molar-refractivity contribution is 0.0747. The highest BCUT2D eigenvalue weighted by molar-refractivity contribution is 9.10. The van der Waals surface area contributed by atoms with Crippen molar-refractivity contribution in [1.29, 1.82) is 0 Å². The lowest BCUT2D eigenvalue weighted by atomic mass is 9.76. The third kappa shape index (κ3) is 2.38. The van der Waals surface area contributed by atoms with E-state index in [1.165, 1.54) is 0 Å². The molecule has 2 rings (SSSR count). The molecule has 18 heavy (non-hydrogen) atoms. The van der Waals surface area contributed by atoms with Gasteiger partial charge in [-0.2, -0.15) is 5.10 Å². The number of rotatable bonds is 3. The van der Waals surface area contributed by atoms with E-state index in [0.717, 1.165) is 36.1 Å². The number of piperidine rings is 1. The maximum absolute atomic E-state index is 12.8. The van der Waals surface area contributed by atoms with E-state index in [2.05, 4.69) is 33.3 Å². The van der Waals surface area contributed by atoms with E-state index >= 15 is 0 Å². The Morgan fingerprint density at radius 3 is 2.67 bits per heavy atom. The van der Waals surface area contributed by atoms with Crippen molar-refractivity contribution in [1.82, 2.24) is 15.1 Å². The van der Waals surface area contributed by atoms with Crippen LogP contribution >= 0.6 is 15.9 Å². The quantitative estimate of drug-likeness (QED) is 0.873. The van der Waals surface area contributed by atoms with Gasteiger partial charge < -0.3 is 5.32 Å². The van der Waals surface area contributed by atoms with Gasteiger partial charge in [-0.3, -0.25) is 9.48 Å². The Morgan fingerprint density at radius 2 is 2.11 bits per heavy atom. The Balaban J connectivity index is 2.36. The second-order valence-corrected chi connectivity index (χ2v) is 6.37. The number of nitrogens with zero attached hydrogens (tertiary/aromatic N) is 2. The highest BCUT2D eigenvalue weighted by atomic mass is 79.9. The Hall–Kier alpha value is -0.680. The van der Waals surface area contributed by atoms with Crippen LogP contribution in [0.5, 0.6) is 0 Å². The fourth-order valence-corrected chi connectivity index (χ4v) is 2.89. The molecular formula is C13H20BrN3O. The normalized spacial score (nSPS) is 19.2. The summed E-state index contributed by atoms with van der Waals surface area (Å²) >= 11 is 3.46. The standard InChI is InChI=1S/C13H20BrN3O/c1-9(2)17-11(10(14)8-16-17)12(18)13(3)4-6-15-7-5-13/h8-9,15H,4-7H2,1-3H3. The Labute approximate surface area is 116 Å². The Kier molecular flexibility index (Phi) is 3.92. The van der Waals surface area contributed by atoms with Crippen molar-refractivity contribution in [3.8, 4) is 0 Å². The summed E-state index contributed by atoms with van der Waals surface area (Å²) in [7, 11) is 0. The highest BCUT2D eigenvalue weighted by Gasteiger charge is 2.38. The van der Waals surface area contributed by atoms with Crippen molar-refractivity contribution in [3.05, 3.63) is 16.4 Å². The van der Waals surface area contributed by atoms with E-state index < -0.39 is 0 Å². The van der Waals surface area contributed by atoms with Gasteiger partial charge in [-0.05, 0) is 55.7 Å². The van der Waals surface area contributed by atoms with Gasteiger partial charge in [0.1, 0.15) is 5.69 Å². The van der Waals surface area contributed by atoms with Crippen LogP contribution in [-0.2, 0) is 0 Å². The monoisotopic (exact) mass is 313 g/mol. The molecule has 0 aromatic carbocycles. The summed E-state index contributed by atoms with van der Waals surface area (Å²) in [6.07, 6.45) is 3.50. The summed E-state index contributed by atoms with van der Waals surface area (Å²) in [6, 6.07) is 0.195. The molecule has 0 unspecified atom stereocenters. The highest BCUT2D eigenvalue weighted by Crippen LogP contribution is 2.35. The summed E-state index contributed by atoms with van der Waals surface area (Å²) in [6.45, 7) is 7.98. The first-order valence-corrected chi connectivity index (χ1v) is 7.23. The van der Waals surface area contributed by atoms with Crippen LogP contribution in [0.2, 0.25) is 0 Å². The van der Waals surface area contributed by atoms with Gasteiger partial charge in [0.2, 0.25) is 0 Å². The third-order valence-corrected chi connectivity index (χ3v) is 4.29. The fraction of sp³-hybridized carbons (Fsp3) is 0.692. The number of halogens is 1. The van der Waals surface area contributed by atoms with Crippen LogP contribution in [-0.4, -0.2) is 28.7 Å². The zero-order chi connectivity index (χ0) is 13.3. The van der Waals surface area contributed by atoms with Crippen LogP contribution in [0.25, 0.3) is 0 Å². The van der Waals surface area contributed by atoms with Crippen LogP contribution in [0, 0.1) is 5.41 Å². The van der Waals surface area contributed by atoms with E-state index in [9.17, 15) is 4.79 Å². The largest absolute Gasteiger partial charge is 0.317 e. The molecule has 1 fully saturated rings. The van der Waals surface area contributed by atoms with Gasteiger partial charge in [0.15, 0.2) is 5.78 Å². The number of Topliss-reactive ketones (excluding diaryl/α,β-unsaturated/α-hetero) is 1. The molecule has 0 amide bonds. The van der Waals surface area contributed by atoms with Crippen LogP contribution in [0.3, 0.4) is 0 Å². The molecule has 2 heterocycles. The van der Waals surface area contributed by atoms with Gasteiger partial charge in [-0.1, -0.05) is 6.92 Å². The minimum Gasteiger partial charge on any atom is -0.317 e. The molecule has 1 aliphatic heterocycles. The zero-order valence-corrected chi connectivity index (χ0v) is 12.7. The maximum Gasteiger partial charge on any atom is 0.187 e. The number of ketones is 1. The van der Waals surface area contributed by atoms with Crippen LogP contribution in [0.1, 0.15) is 50.1 Å². The number of nitrogens with one attached hydrogen (secondary N) is 1. The number of carbonyl (C=O) groups is 1. The second kappa shape index (κ2) is 5.13. The molecular weight excluding hydrogens is 294 g/mol. The minimum absolute atomic E-state index is 0.195. The van der Waals surface area contributed by atoms with E-state index in [1.807, 2.05) is 18.5 Å². The molecule has 4 nitrogen and oxygen atoms in total. The average molecular weight is 314 g/mol. The maximum atomic E-state index is 12.8. The third-order valence-electron chi connectivity index (χ3n) is 3.71. The molecule has 0 spiro atoms. The smallest absolute Gasteiger partial charge is 0.187 e. The first-order chi connectivity index (χ1) is 8.46. The van der Waals surface area contributed by atoms with Crippen molar-refractivity contribution in [2.75, 3.05) is 13.1 Å². The molecule has 5 heteroatoms. The SMILES string of the molecule is CC(C)n1ncc(Br)c1C(=O)C1(C)CCNCC1. The number of hydrogen-bond donors (Lipinski definition) is 1. The van der Waals surface area contributed by atoms with Gasteiger partial charge in [0, 0.05) is 11.5 Å². The first kappa shape index (κ1) is 13.7. The van der Waals surface area contributed by atoms with E-state index in [0.29, 0.717) is 0 Å². The molecule has 0 atom stereocenters. The van der Waals surface area contributed by atoms with E-state index in [-0.39, 0.29) is 17.2 Å². The Morgan fingerprint density at radius 1 is 1.50 bits per heavy atom. The molecule has 1 aromatic rings. The van der Waals surface area contributed by atoms with Crippen molar-refractivity contribution >= 4 is 21.7 Å². The Bertz CT molecular complexity index is 447. The van der Waals surface area contributed by atoms with Gasteiger partial charge in [0.25, 0.3) is 0 Å². The lowest BCUT2D eigenvalue weighted by Gasteiger charge is -2.32. The molecule has 1 aliphatic rings. The molecule has 1 saturated heterocycles. The van der Waals surface area contributed by atoms with Gasteiger partial charge in [0.05, 0.1) is 10.7 Å². The molecule has 1 N–H and O–H groups in total. The lowest BCUT2D eigenvalue weighted by Crippen LogP contribution is -2.41. The summed E-state index contributed by atoms with van der Waals surface area (Å²) in [4.78, 5) is 12.8. The van der Waals surface area contributed by atoms with Gasteiger partial charge in [-0.15, -0.1) is 0 Å². The topological polar surface area (TPSA) is 46.9 Å². The first-order valence-electron chi connectivity index (χ1n) is 6.44.